The summed E-state index contributed by atoms with van der Waals surface area (Å²) in [6.07, 6.45) is 1.67. The highest BCUT2D eigenvalue weighted by Crippen LogP contribution is 2.20. The van der Waals surface area contributed by atoms with Gasteiger partial charge in [0.2, 0.25) is 11.8 Å². The summed E-state index contributed by atoms with van der Waals surface area (Å²) in [7, 11) is 3.77. The Morgan fingerprint density at radius 2 is 1.89 bits per heavy atom. The van der Waals surface area contributed by atoms with E-state index < -0.39 is 0 Å². The van der Waals surface area contributed by atoms with Gasteiger partial charge in [0, 0.05) is 32.9 Å². The maximum absolute atomic E-state index is 5.65. The van der Waals surface area contributed by atoms with Crippen LogP contribution in [0.1, 0.15) is 5.56 Å². The van der Waals surface area contributed by atoms with Crippen molar-refractivity contribution in [3.8, 4) is 11.6 Å². The number of rotatable bonds is 4. The maximum atomic E-state index is 5.65. The third-order valence-corrected chi connectivity index (χ3v) is 2.40. The van der Waals surface area contributed by atoms with Gasteiger partial charge in [0.15, 0.2) is 0 Å². The summed E-state index contributed by atoms with van der Waals surface area (Å²) in [6.45, 7) is 0.526. The minimum Gasteiger partial charge on any atom is -0.439 e. The predicted octanol–water partition coefficient (Wildman–Crippen LogP) is 1.79. The van der Waals surface area contributed by atoms with E-state index in [1.807, 2.05) is 43.3 Å². The average molecular weight is 244 g/mol. The Labute approximate surface area is 106 Å². The quantitative estimate of drug-likeness (QED) is 0.888. The Kier molecular flexibility index (Phi) is 3.74. The Balaban J connectivity index is 2.15. The minimum absolute atomic E-state index is 0.522. The van der Waals surface area contributed by atoms with Gasteiger partial charge < -0.3 is 15.4 Å². The first kappa shape index (κ1) is 12.3. The molecule has 5 heteroatoms. The summed E-state index contributed by atoms with van der Waals surface area (Å²) < 4.78 is 5.65. The number of ether oxygens (including phenoxy) is 1. The molecule has 0 radical (unpaired) electrons. The van der Waals surface area contributed by atoms with E-state index >= 15 is 0 Å². The second-order valence-corrected chi connectivity index (χ2v) is 4.04. The summed E-state index contributed by atoms with van der Waals surface area (Å²) in [5, 5.41) is 0. The molecule has 2 aromatic rings. The number of nitrogens with zero attached hydrogens (tertiary/aromatic N) is 3. The maximum Gasteiger partial charge on any atom is 0.228 e. The van der Waals surface area contributed by atoms with Crippen molar-refractivity contribution in [2.75, 3.05) is 19.0 Å². The number of aromatic nitrogens is 2. The predicted molar refractivity (Wildman–Crippen MR) is 70.8 cm³/mol. The first-order chi connectivity index (χ1) is 8.69. The van der Waals surface area contributed by atoms with Crippen LogP contribution in [0.5, 0.6) is 11.6 Å². The van der Waals surface area contributed by atoms with Gasteiger partial charge in [-0.15, -0.1) is 0 Å². The zero-order chi connectivity index (χ0) is 13.0. The smallest absolute Gasteiger partial charge is 0.228 e. The molecule has 1 heterocycles. The van der Waals surface area contributed by atoms with Crippen LogP contribution in [0.15, 0.2) is 36.5 Å². The van der Waals surface area contributed by atoms with Crippen molar-refractivity contribution in [1.82, 2.24) is 9.97 Å². The lowest BCUT2D eigenvalue weighted by atomic mass is 10.2. The zero-order valence-corrected chi connectivity index (χ0v) is 10.5. The summed E-state index contributed by atoms with van der Waals surface area (Å²) in [6, 6.07) is 9.34. The van der Waals surface area contributed by atoms with Gasteiger partial charge in [-0.3, -0.25) is 0 Å². The second-order valence-electron chi connectivity index (χ2n) is 4.04. The highest BCUT2D eigenvalue weighted by Gasteiger charge is 2.03. The SMILES string of the molecule is CN(C)c1nccc(Oc2ccc(CN)cc2)n1. The number of benzene rings is 1. The minimum atomic E-state index is 0.522. The molecule has 0 fully saturated rings. The van der Waals surface area contributed by atoms with E-state index in [9.17, 15) is 0 Å². The van der Waals surface area contributed by atoms with Crippen molar-refractivity contribution in [3.63, 3.8) is 0 Å². The Bertz CT molecular complexity index is 511. The van der Waals surface area contributed by atoms with Gasteiger partial charge in [0.1, 0.15) is 5.75 Å². The molecule has 1 aromatic heterocycles. The van der Waals surface area contributed by atoms with Crippen LogP contribution < -0.4 is 15.4 Å². The average Bonchev–Trinajstić information content (AvgIpc) is 2.40. The lowest BCUT2D eigenvalue weighted by Gasteiger charge is -2.11. The fourth-order valence-corrected chi connectivity index (χ4v) is 1.42. The van der Waals surface area contributed by atoms with Gasteiger partial charge in [-0.2, -0.15) is 4.98 Å². The van der Waals surface area contributed by atoms with E-state index in [2.05, 4.69) is 9.97 Å². The van der Waals surface area contributed by atoms with E-state index in [1.54, 1.807) is 12.3 Å². The molecule has 0 saturated heterocycles. The van der Waals surface area contributed by atoms with Crippen molar-refractivity contribution < 1.29 is 4.74 Å². The molecule has 94 valence electrons. The van der Waals surface area contributed by atoms with Crippen molar-refractivity contribution in [3.05, 3.63) is 42.1 Å². The Morgan fingerprint density at radius 1 is 1.17 bits per heavy atom. The fraction of sp³-hybridized carbons (Fsp3) is 0.231. The van der Waals surface area contributed by atoms with Gasteiger partial charge >= 0.3 is 0 Å². The second kappa shape index (κ2) is 5.46. The van der Waals surface area contributed by atoms with Crippen LogP contribution in [0.2, 0.25) is 0 Å². The molecule has 2 rings (SSSR count). The Morgan fingerprint density at radius 3 is 2.50 bits per heavy atom. The van der Waals surface area contributed by atoms with Crippen molar-refractivity contribution in [2.24, 2.45) is 5.73 Å². The topological polar surface area (TPSA) is 64.3 Å². The molecule has 0 aliphatic rings. The molecule has 5 nitrogen and oxygen atoms in total. The van der Waals surface area contributed by atoms with Crippen LogP contribution in [0.25, 0.3) is 0 Å². The number of hydrogen-bond donors (Lipinski definition) is 1. The molecule has 0 amide bonds. The highest BCUT2D eigenvalue weighted by atomic mass is 16.5. The monoisotopic (exact) mass is 244 g/mol. The number of nitrogens with two attached hydrogens (primary N) is 1. The number of hydrogen-bond acceptors (Lipinski definition) is 5. The zero-order valence-electron chi connectivity index (χ0n) is 10.5. The standard InChI is InChI=1S/C13H16N4O/c1-17(2)13-15-8-7-12(16-13)18-11-5-3-10(9-14)4-6-11/h3-8H,9,14H2,1-2H3. The molecular weight excluding hydrogens is 228 g/mol. The van der Waals surface area contributed by atoms with E-state index in [1.165, 1.54) is 0 Å². The lowest BCUT2D eigenvalue weighted by molar-refractivity contribution is 0.461. The largest absolute Gasteiger partial charge is 0.439 e. The van der Waals surface area contributed by atoms with Crippen molar-refractivity contribution in [1.29, 1.82) is 0 Å². The van der Waals surface area contributed by atoms with Gasteiger partial charge in [0.05, 0.1) is 0 Å². The van der Waals surface area contributed by atoms with Crippen LogP contribution in [-0.2, 0) is 6.54 Å². The molecule has 1 aromatic carbocycles. The normalized spacial score (nSPS) is 10.2. The summed E-state index contributed by atoms with van der Waals surface area (Å²) in [4.78, 5) is 10.2. The van der Waals surface area contributed by atoms with Crippen molar-refractivity contribution in [2.45, 2.75) is 6.54 Å². The van der Waals surface area contributed by atoms with Gasteiger partial charge in [-0.05, 0) is 17.7 Å². The van der Waals surface area contributed by atoms with Crippen molar-refractivity contribution >= 4 is 5.95 Å². The third-order valence-electron chi connectivity index (χ3n) is 2.40. The molecule has 0 saturated carbocycles. The van der Waals surface area contributed by atoms with Gasteiger partial charge in [-0.1, -0.05) is 12.1 Å². The first-order valence-electron chi connectivity index (χ1n) is 5.66. The molecule has 0 aliphatic carbocycles. The van der Waals surface area contributed by atoms with E-state index in [0.29, 0.717) is 18.4 Å². The summed E-state index contributed by atoms with van der Waals surface area (Å²) in [5.74, 6) is 1.87. The molecule has 18 heavy (non-hydrogen) atoms. The van der Waals surface area contributed by atoms with Gasteiger partial charge in [0.25, 0.3) is 0 Å². The van der Waals surface area contributed by atoms with Crippen LogP contribution in [0, 0.1) is 0 Å². The number of anilines is 1. The van der Waals surface area contributed by atoms with Crippen LogP contribution in [0.3, 0.4) is 0 Å². The summed E-state index contributed by atoms with van der Waals surface area (Å²) in [5.41, 5.74) is 6.61. The fourth-order valence-electron chi connectivity index (χ4n) is 1.42. The molecule has 0 bridgehead atoms. The van der Waals surface area contributed by atoms with E-state index in [0.717, 1.165) is 11.3 Å². The van der Waals surface area contributed by atoms with Crippen LogP contribution >= 0.6 is 0 Å². The third kappa shape index (κ3) is 2.95. The highest BCUT2D eigenvalue weighted by molar-refractivity contribution is 5.33. The van der Waals surface area contributed by atoms with Gasteiger partial charge in [-0.25, -0.2) is 4.98 Å². The van der Waals surface area contributed by atoms with Crippen LogP contribution in [0.4, 0.5) is 5.95 Å². The molecule has 0 spiro atoms. The molecule has 0 unspecified atom stereocenters. The lowest BCUT2D eigenvalue weighted by Crippen LogP contribution is -2.12. The molecule has 2 N–H and O–H groups in total. The summed E-state index contributed by atoms with van der Waals surface area (Å²) >= 11 is 0. The van der Waals surface area contributed by atoms with E-state index in [-0.39, 0.29) is 0 Å². The first-order valence-corrected chi connectivity index (χ1v) is 5.66. The van der Waals surface area contributed by atoms with E-state index in [4.69, 9.17) is 10.5 Å². The molecular formula is C13H16N4O. The molecule has 0 atom stereocenters. The Hall–Kier alpha value is -2.14. The molecule has 0 aliphatic heterocycles. The van der Waals surface area contributed by atoms with Crippen LogP contribution in [-0.4, -0.2) is 24.1 Å².